The van der Waals surface area contributed by atoms with Gasteiger partial charge in [-0.25, -0.2) is 4.79 Å². The summed E-state index contributed by atoms with van der Waals surface area (Å²) in [6.45, 7) is 8.52. The number of methoxy groups -OCH3 is 1. The Hall–Kier alpha value is -3.09. The maximum absolute atomic E-state index is 13.0. The van der Waals surface area contributed by atoms with Crippen LogP contribution in [0.5, 0.6) is 0 Å². The normalized spacial score (nSPS) is 16.8. The maximum Gasteiger partial charge on any atom is 0.336 e. The molecule has 2 rings (SSSR count). The zero-order valence-electron chi connectivity index (χ0n) is 17.7. The zero-order chi connectivity index (χ0) is 21.8. The summed E-state index contributed by atoms with van der Waals surface area (Å²) in [5.41, 5.74) is 2.05. The monoisotopic (exact) mass is 400 g/mol. The van der Waals surface area contributed by atoms with E-state index < -0.39 is 29.4 Å². The third kappa shape index (κ3) is 5.47. The average Bonchev–Trinajstić information content (AvgIpc) is 2.64. The topological polar surface area (TPSA) is 93.7 Å². The summed E-state index contributed by atoms with van der Waals surface area (Å²) in [5.74, 6) is -2.13. The van der Waals surface area contributed by atoms with E-state index in [1.807, 2.05) is 30.3 Å². The maximum atomic E-state index is 13.0. The fraction of sp³-hybridized carbons (Fsp3) is 0.409. The Morgan fingerprint density at radius 2 is 1.62 bits per heavy atom. The lowest BCUT2D eigenvalue weighted by Gasteiger charge is -2.30. The SMILES string of the molecule is COC(=O)C1=C(C)NC(C)=C(C(=O)NCC(=O)OC(C)(C)C)C1c1ccccc1. The summed E-state index contributed by atoms with van der Waals surface area (Å²) in [7, 11) is 1.30. The van der Waals surface area contributed by atoms with Crippen molar-refractivity contribution in [2.24, 2.45) is 0 Å². The summed E-state index contributed by atoms with van der Waals surface area (Å²) < 4.78 is 10.2. The predicted octanol–water partition coefficient (Wildman–Crippen LogP) is 2.55. The molecular weight excluding hydrogens is 372 g/mol. The fourth-order valence-corrected chi connectivity index (χ4v) is 3.28. The lowest BCUT2D eigenvalue weighted by molar-refractivity contribution is -0.154. The van der Waals surface area contributed by atoms with E-state index in [4.69, 9.17) is 9.47 Å². The van der Waals surface area contributed by atoms with Crippen molar-refractivity contribution in [1.82, 2.24) is 10.6 Å². The van der Waals surface area contributed by atoms with E-state index in [0.717, 1.165) is 5.56 Å². The van der Waals surface area contributed by atoms with Crippen molar-refractivity contribution >= 4 is 17.8 Å². The van der Waals surface area contributed by atoms with Gasteiger partial charge in [-0.05, 0) is 40.2 Å². The molecule has 1 amide bonds. The molecule has 0 bridgehead atoms. The number of ether oxygens (including phenoxy) is 2. The Labute approximate surface area is 171 Å². The first kappa shape index (κ1) is 22.2. The number of carbonyl (C=O) groups is 3. The largest absolute Gasteiger partial charge is 0.466 e. The van der Waals surface area contributed by atoms with Crippen LogP contribution in [0.1, 0.15) is 46.1 Å². The van der Waals surface area contributed by atoms with Gasteiger partial charge in [0.25, 0.3) is 0 Å². The summed E-state index contributed by atoms with van der Waals surface area (Å²) in [6, 6.07) is 9.24. The van der Waals surface area contributed by atoms with Crippen molar-refractivity contribution in [1.29, 1.82) is 0 Å². The van der Waals surface area contributed by atoms with Crippen molar-refractivity contribution in [3.05, 3.63) is 58.4 Å². The highest BCUT2D eigenvalue weighted by atomic mass is 16.6. The lowest BCUT2D eigenvalue weighted by Crippen LogP contribution is -2.39. The van der Waals surface area contributed by atoms with Gasteiger partial charge in [0.05, 0.1) is 18.6 Å². The van der Waals surface area contributed by atoms with Crippen molar-refractivity contribution in [2.45, 2.75) is 46.1 Å². The van der Waals surface area contributed by atoms with E-state index in [9.17, 15) is 14.4 Å². The van der Waals surface area contributed by atoms with Gasteiger partial charge in [0, 0.05) is 17.0 Å². The van der Waals surface area contributed by atoms with E-state index in [2.05, 4.69) is 10.6 Å². The fourth-order valence-electron chi connectivity index (χ4n) is 3.28. The molecule has 7 nitrogen and oxygen atoms in total. The standard InChI is InChI=1S/C22H28N2O5/c1-13-17(20(26)23-12-16(25)29-22(3,4)5)19(15-10-8-7-9-11-15)18(14(2)24-13)21(27)28-6/h7-11,19,24H,12H2,1-6H3,(H,23,26). The van der Waals surface area contributed by atoms with Crippen LogP contribution >= 0.6 is 0 Å². The highest BCUT2D eigenvalue weighted by Gasteiger charge is 2.37. The molecule has 0 saturated heterocycles. The first-order valence-electron chi connectivity index (χ1n) is 9.37. The average molecular weight is 400 g/mol. The molecule has 0 radical (unpaired) electrons. The van der Waals surface area contributed by atoms with Crippen LogP contribution in [0.4, 0.5) is 0 Å². The van der Waals surface area contributed by atoms with Crippen LogP contribution < -0.4 is 10.6 Å². The Morgan fingerprint density at radius 1 is 1.03 bits per heavy atom. The molecule has 1 atom stereocenters. The van der Waals surface area contributed by atoms with Gasteiger partial charge in [-0.2, -0.15) is 0 Å². The molecule has 1 unspecified atom stereocenters. The molecule has 29 heavy (non-hydrogen) atoms. The molecule has 1 aliphatic rings. The van der Waals surface area contributed by atoms with Gasteiger partial charge in [0.15, 0.2) is 0 Å². The van der Waals surface area contributed by atoms with Crippen molar-refractivity contribution in [3.8, 4) is 0 Å². The Morgan fingerprint density at radius 3 is 2.17 bits per heavy atom. The Bertz CT molecular complexity index is 863. The van der Waals surface area contributed by atoms with Crippen molar-refractivity contribution < 1.29 is 23.9 Å². The van der Waals surface area contributed by atoms with Crippen LogP contribution in [-0.2, 0) is 23.9 Å². The van der Waals surface area contributed by atoms with Crippen LogP contribution in [0, 0.1) is 0 Å². The van der Waals surface area contributed by atoms with Crippen LogP contribution in [-0.4, -0.2) is 37.1 Å². The Kier molecular flexibility index (Phi) is 6.84. The molecule has 7 heteroatoms. The van der Waals surface area contributed by atoms with Gasteiger partial charge in [0.1, 0.15) is 12.1 Å². The minimum atomic E-state index is -0.645. The highest BCUT2D eigenvalue weighted by molar-refractivity contribution is 6.02. The minimum absolute atomic E-state index is 0.273. The van der Waals surface area contributed by atoms with Gasteiger partial charge in [-0.15, -0.1) is 0 Å². The number of allylic oxidation sites excluding steroid dienone is 2. The van der Waals surface area contributed by atoms with Crippen LogP contribution in [0.2, 0.25) is 0 Å². The number of hydrogen-bond acceptors (Lipinski definition) is 6. The van der Waals surface area contributed by atoms with E-state index in [-0.39, 0.29) is 6.54 Å². The quantitative estimate of drug-likeness (QED) is 0.738. The minimum Gasteiger partial charge on any atom is -0.466 e. The van der Waals surface area contributed by atoms with Gasteiger partial charge in [-0.1, -0.05) is 30.3 Å². The van der Waals surface area contributed by atoms with Crippen LogP contribution in [0.15, 0.2) is 52.9 Å². The van der Waals surface area contributed by atoms with Crippen molar-refractivity contribution in [2.75, 3.05) is 13.7 Å². The van der Waals surface area contributed by atoms with E-state index in [0.29, 0.717) is 22.5 Å². The van der Waals surface area contributed by atoms with E-state index in [1.165, 1.54) is 7.11 Å². The van der Waals surface area contributed by atoms with E-state index in [1.54, 1.807) is 34.6 Å². The van der Waals surface area contributed by atoms with Gasteiger partial charge < -0.3 is 20.1 Å². The number of hydrogen-bond donors (Lipinski definition) is 2. The first-order chi connectivity index (χ1) is 13.5. The first-order valence-corrected chi connectivity index (χ1v) is 9.37. The molecule has 0 aromatic heterocycles. The van der Waals surface area contributed by atoms with Gasteiger partial charge in [-0.3, -0.25) is 9.59 Å². The summed E-state index contributed by atoms with van der Waals surface area (Å²) in [4.78, 5) is 37.5. The molecule has 2 N–H and O–H groups in total. The summed E-state index contributed by atoms with van der Waals surface area (Å²) >= 11 is 0. The molecule has 0 fully saturated rings. The summed E-state index contributed by atoms with van der Waals surface area (Å²) in [6.07, 6.45) is 0. The number of dihydropyridines is 1. The van der Waals surface area contributed by atoms with Crippen LogP contribution in [0.25, 0.3) is 0 Å². The molecular formula is C22H28N2O5. The third-order valence-corrected chi connectivity index (χ3v) is 4.36. The molecule has 0 saturated carbocycles. The van der Waals surface area contributed by atoms with Crippen molar-refractivity contribution in [3.63, 3.8) is 0 Å². The number of esters is 2. The molecule has 1 aliphatic heterocycles. The second kappa shape index (κ2) is 8.94. The smallest absolute Gasteiger partial charge is 0.336 e. The predicted molar refractivity (Wildman–Crippen MR) is 109 cm³/mol. The Balaban J connectivity index is 2.37. The molecule has 0 aliphatic carbocycles. The summed E-state index contributed by atoms with van der Waals surface area (Å²) in [5, 5.41) is 5.69. The van der Waals surface area contributed by atoms with E-state index >= 15 is 0 Å². The molecule has 156 valence electrons. The number of nitrogens with one attached hydrogen (secondary N) is 2. The second-order valence-corrected chi connectivity index (χ2v) is 7.81. The zero-order valence-corrected chi connectivity index (χ0v) is 17.7. The molecule has 1 aromatic carbocycles. The number of amides is 1. The highest BCUT2D eigenvalue weighted by Crippen LogP contribution is 2.38. The second-order valence-electron chi connectivity index (χ2n) is 7.81. The molecule has 1 aromatic rings. The van der Waals surface area contributed by atoms with Crippen LogP contribution in [0.3, 0.4) is 0 Å². The lowest BCUT2D eigenvalue weighted by atomic mass is 9.80. The molecule has 0 spiro atoms. The van der Waals surface area contributed by atoms with Gasteiger partial charge >= 0.3 is 11.9 Å². The third-order valence-electron chi connectivity index (χ3n) is 4.36. The number of carbonyl (C=O) groups excluding carboxylic acids is 3. The number of benzene rings is 1. The molecule has 1 heterocycles. The van der Waals surface area contributed by atoms with Gasteiger partial charge in [0.2, 0.25) is 5.91 Å². The number of rotatable bonds is 5.